The number of methoxy groups -OCH3 is 1. The number of phenolic OH excluding ortho intramolecular Hbond substituents is 1. The fourth-order valence-corrected chi connectivity index (χ4v) is 3.57. The number of hydrogen-bond donors (Lipinski definition) is 2. The summed E-state index contributed by atoms with van der Waals surface area (Å²) in [5.41, 5.74) is 0.591. The standard InChI is InChI=1S/C23H24FNO6/c1-3-31-18-13-15(7-10-17(18)26)20-19(21(27)14-5-8-16(24)9-6-14)22(28)23(29)25(20)11-4-12-30-2/h5-10,13,20,26-27H,3-4,11-12H2,1-2H3/b21-19-. The van der Waals surface area contributed by atoms with Gasteiger partial charge in [0.15, 0.2) is 11.5 Å². The van der Waals surface area contributed by atoms with Gasteiger partial charge in [0.05, 0.1) is 18.2 Å². The van der Waals surface area contributed by atoms with Crippen molar-refractivity contribution < 1.29 is 33.7 Å². The molecule has 0 bridgehead atoms. The molecule has 1 saturated heterocycles. The van der Waals surface area contributed by atoms with Gasteiger partial charge in [0, 0.05) is 25.8 Å². The van der Waals surface area contributed by atoms with Crippen molar-refractivity contribution in [2.75, 3.05) is 26.9 Å². The Kier molecular flexibility index (Phi) is 6.91. The van der Waals surface area contributed by atoms with Crippen LogP contribution in [0, 0.1) is 5.82 Å². The van der Waals surface area contributed by atoms with Crippen LogP contribution in [0.2, 0.25) is 0 Å². The van der Waals surface area contributed by atoms with Gasteiger partial charge in [-0.2, -0.15) is 0 Å². The number of benzene rings is 2. The fourth-order valence-electron chi connectivity index (χ4n) is 3.57. The molecule has 1 unspecified atom stereocenters. The van der Waals surface area contributed by atoms with Crippen molar-refractivity contribution in [2.24, 2.45) is 0 Å². The van der Waals surface area contributed by atoms with E-state index in [9.17, 15) is 24.2 Å². The van der Waals surface area contributed by atoms with E-state index >= 15 is 0 Å². The zero-order valence-electron chi connectivity index (χ0n) is 17.3. The largest absolute Gasteiger partial charge is 0.507 e. The Morgan fingerprint density at radius 1 is 1.16 bits per heavy atom. The first-order valence-corrected chi connectivity index (χ1v) is 9.88. The van der Waals surface area contributed by atoms with Crippen LogP contribution in [-0.4, -0.2) is 53.7 Å². The number of Topliss-reactive ketones (excluding diaryl/α,β-unsaturated/α-hetero) is 1. The lowest BCUT2D eigenvalue weighted by Crippen LogP contribution is -2.31. The van der Waals surface area contributed by atoms with Crippen LogP contribution in [0.1, 0.15) is 30.5 Å². The van der Waals surface area contributed by atoms with E-state index in [1.54, 1.807) is 13.0 Å². The fraction of sp³-hybridized carbons (Fsp3) is 0.304. The van der Waals surface area contributed by atoms with E-state index in [1.807, 2.05) is 0 Å². The molecule has 0 spiro atoms. The number of nitrogens with zero attached hydrogens (tertiary/aromatic N) is 1. The number of phenols is 1. The highest BCUT2D eigenvalue weighted by Gasteiger charge is 2.46. The highest BCUT2D eigenvalue weighted by molar-refractivity contribution is 6.46. The molecule has 1 aliphatic rings. The van der Waals surface area contributed by atoms with Crippen molar-refractivity contribution in [3.05, 3.63) is 65.0 Å². The smallest absolute Gasteiger partial charge is 0.295 e. The minimum Gasteiger partial charge on any atom is -0.507 e. The summed E-state index contributed by atoms with van der Waals surface area (Å²) in [6.45, 7) is 2.67. The second kappa shape index (κ2) is 9.61. The lowest BCUT2D eigenvalue weighted by atomic mass is 9.95. The number of ketones is 1. The molecule has 1 atom stereocenters. The van der Waals surface area contributed by atoms with Crippen molar-refractivity contribution in [1.82, 2.24) is 4.90 Å². The van der Waals surface area contributed by atoms with Crippen molar-refractivity contribution in [3.63, 3.8) is 0 Å². The molecule has 8 heteroatoms. The SMILES string of the molecule is CCOc1cc(C2/C(=C(/O)c3ccc(F)cc3)C(=O)C(=O)N2CCCOC)ccc1O. The molecule has 1 aliphatic heterocycles. The van der Waals surface area contributed by atoms with Gasteiger partial charge in [-0.25, -0.2) is 4.39 Å². The number of aliphatic hydroxyl groups excluding tert-OH is 1. The molecule has 0 aliphatic carbocycles. The summed E-state index contributed by atoms with van der Waals surface area (Å²) in [4.78, 5) is 27.1. The minimum atomic E-state index is -0.901. The molecule has 0 aromatic heterocycles. The number of carbonyl (C=O) groups excluding carboxylic acids is 2. The van der Waals surface area contributed by atoms with Crippen molar-refractivity contribution in [2.45, 2.75) is 19.4 Å². The van der Waals surface area contributed by atoms with E-state index in [0.29, 0.717) is 25.2 Å². The molecule has 3 rings (SSSR count). The van der Waals surface area contributed by atoms with Gasteiger partial charge < -0.3 is 24.6 Å². The predicted octanol–water partition coefficient (Wildman–Crippen LogP) is 3.39. The number of aliphatic hydroxyl groups is 1. The third-order valence-corrected chi connectivity index (χ3v) is 5.00. The maximum absolute atomic E-state index is 13.3. The number of hydrogen-bond acceptors (Lipinski definition) is 6. The van der Waals surface area contributed by atoms with Gasteiger partial charge in [-0.3, -0.25) is 9.59 Å². The molecule has 0 radical (unpaired) electrons. The lowest BCUT2D eigenvalue weighted by molar-refractivity contribution is -0.140. The molecule has 0 saturated carbocycles. The Morgan fingerprint density at radius 2 is 1.87 bits per heavy atom. The Labute approximate surface area is 179 Å². The molecule has 2 aromatic rings. The van der Waals surface area contributed by atoms with Crippen molar-refractivity contribution in [1.29, 1.82) is 0 Å². The Morgan fingerprint density at radius 3 is 2.52 bits per heavy atom. The van der Waals surface area contributed by atoms with Gasteiger partial charge in [-0.15, -0.1) is 0 Å². The molecular formula is C23H24FNO6. The van der Waals surface area contributed by atoms with Gasteiger partial charge >= 0.3 is 0 Å². The zero-order chi connectivity index (χ0) is 22.5. The first kappa shape index (κ1) is 22.3. The molecule has 2 N–H and O–H groups in total. The zero-order valence-corrected chi connectivity index (χ0v) is 17.3. The number of likely N-dealkylation sites (tertiary alicyclic amines) is 1. The third-order valence-electron chi connectivity index (χ3n) is 5.00. The van der Waals surface area contributed by atoms with Crippen LogP contribution in [0.3, 0.4) is 0 Å². The highest BCUT2D eigenvalue weighted by atomic mass is 19.1. The molecule has 7 nitrogen and oxygen atoms in total. The van der Waals surface area contributed by atoms with E-state index < -0.39 is 29.3 Å². The van der Waals surface area contributed by atoms with Gasteiger partial charge in [-0.05, 0) is 55.3 Å². The monoisotopic (exact) mass is 429 g/mol. The molecule has 31 heavy (non-hydrogen) atoms. The molecule has 1 fully saturated rings. The van der Waals surface area contributed by atoms with E-state index in [2.05, 4.69) is 0 Å². The van der Waals surface area contributed by atoms with E-state index in [-0.39, 0.29) is 29.2 Å². The predicted molar refractivity (Wildman–Crippen MR) is 111 cm³/mol. The number of halogens is 1. The van der Waals surface area contributed by atoms with E-state index in [0.717, 1.165) is 12.1 Å². The maximum Gasteiger partial charge on any atom is 0.295 e. The topological polar surface area (TPSA) is 96.3 Å². The Bertz CT molecular complexity index is 1000. The third kappa shape index (κ3) is 4.54. The van der Waals surface area contributed by atoms with Crippen LogP contribution < -0.4 is 4.74 Å². The lowest BCUT2D eigenvalue weighted by Gasteiger charge is -2.25. The summed E-state index contributed by atoms with van der Waals surface area (Å²) in [5.74, 6) is -2.37. The van der Waals surface area contributed by atoms with E-state index in [1.165, 1.54) is 36.3 Å². The molecule has 1 heterocycles. The quantitative estimate of drug-likeness (QED) is 0.289. The first-order valence-electron chi connectivity index (χ1n) is 9.88. The van der Waals surface area contributed by atoms with Crippen LogP contribution in [0.25, 0.3) is 5.76 Å². The molecule has 164 valence electrons. The number of aromatic hydroxyl groups is 1. The summed E-state index contributed by atoms with van der Waals surface area (Å²) < 4.78 is 23.8. The summed E-state index contributed by atoms with van der Waals surface area (Å²) in [6, 6.07) is 8.60. The number of amides is 1. The first-order chi connectivity index (χ1) is 14.9. The van der Waals surface area contributed by atoms with Gasteiger partial charge in [0.1, 0.15) is 11.6 Å². The van der Waals surface area contributed by atoms with Gasteiger partial charge in [-0.1, -0.05) is 6.07 Å². The summed E-state index contributed by atoms with van der Waals surface area (Å²) in [5, 5.41) is 20.9. The van der Waals surface area contributed by atoms with Crippen LogP contribution in [-0.2, 0) is 14.3 Å². The van der Waals surface area contributed by atoms with Gasteiger partial charge in [0.2, 0.25) is 0 Å². The molecule has 1 amide bonds. The number of rotatable bonds is 8. The summed E-state index contributed by atoms with van der Waals surface area (Å²) in [7, 11) is 1.54. The average molecular weight is 429 g/mol. The summed E-state index contributed by atoms with van der Waals surface area (Å²) in [6.07, 6.45) is 0.479. The second-order valence-electron chi connectivity index (χ2n) is 7.01. The average Bonchev–Trinajstić information content (AvgIpc) is 3.01. The molecular weight excluding hydrogens is 405 g/mol. The van der Waals surface area contributed by atoms with Gasteiger partial charge in [0.25, 0.3) is 11.7 Å². The van der Waals surface area contributed by atoms with Crippen LogP contribution in [0.5, 0.6) is 11.5 Å². The maximum atomic E-state index is 13.3. The van der Waals surface area contributed by atoms with Crippen LogP contribution in [0.4, 0.5) is 4.39 Å². The van der Waals surface area contributed by atoms with Crippen molar-refractivity contribution in [3.8, 4) is 11.5 Å². The Balaban J connectivity index is 2.14. The number of carbonyl (C=O) groups is 2. The summed E-state index contributed by atoms with van der Waals surface area (Å²) >= 11 is 0. The Hall–Kier alpha value is -3.39. The number of ether oxygens (including phenoxy) is 2. The van der Waals surface area contributed by atoms with Crippen molar-refractivity contribution >= 4 is 17.4 Å². The second-order valence-corrected chi connectivity index (χ2v) is 7.01. The van der Waals surface area contributed by atoms with Crippen LogP contribution in [0.15, 0.2) is 48.0 Å². The normalized spacial score (nSPS) is 17.9. The molecule has 2 aromatic carbocycles. The van der Waals surface area contributed by atoms with E-state index in [4.69, 9.17) is 9.47 Å². The van der Waals surface area contributed by atoms with Crippen LogP contribution >= 0.6 is 0 Å². The highest BCUT2D eigenvalue weighted by Crippen LogP contribution is 2.41. The minimum absolute atomic E-state index is 0.0829.